The molecule has 1 aliphatic carbocycles. The minimum atomic E-state index is -3.03. The SMILES string of the molecule is CN(C)S(=O)(=O)CC1CNCC1C1CC1.Cl. The zero-order valence-electron chi connectivity index (χ0n) is 9.85. The summed E-state index contributed by atoms with van der Waals surface area (Å²) in [7, 11) is 0.203. The molecule has 0 radical (unpaired) electrons. The second kappa shape index (κ2) is 5.21. The van der Waals surface area contributed by atoms with Gasteiger partial charge in [-0.3, -0.25) is 0 Å². The van der Waals surface area contributed by atoms with E-state index in [0.29, 0.717) is 17.6 Å². The molecule has 0 spiro atoms. The third kappa shape index (κ3) is 3.09. The molecule has 0 aromatic rings. The standard InChI is InChI=1S/C10H20N2O2S.ClH/c1-12(2)15(13,14)7-9-5-11-6-10(9)8-3-4-8;/h8-11H,3-7H2,1-2H3;1H. The van der Waals surface area contributed by atoms with Gasteiger partial charge < -0.3 is 5.32 Å². The van der Waals surface area contributed by atoms with Crippen molar-refractivity contribution in [1.29, 1.82) is 0 Å². The number of nitrogens with one attached hydrogen (secondary N) is 1. The van der Waals surface area contributed by atoms with Crippen LogP contribution in [0.5, 0.6) is 0 Å². The van der Waals surface area contributed by atoms with Crippen molar-refractivity contribution < 1.29 is 8.42 Å². The first-order valence-electron chi connectivity index (χ1n) is 5.61. The summed E-state index contributed by atoms with van der Waals surface area (Å²) in [5.41, 5.74) is 0. The predicted octanol–water partition coefficient (Wildman–Crippen LogP) is 0.545. The summed E-state index contributed by atoms with van der Waals surface area (Å²) in [6.45, 7) is 1.88. The number of hydrogen-bond donors (Lipinski definition) is 1. The molecule has 1 N–H and O–H groups in total. The number of halogens is 1. The van der Waals surface area contributed by atoms with Gasteiger partial charge in [0.15, 0.2) is 0 Å². The van der Waals surface area contributed by atoms with E-state index in [1.54, 1.807) is 14.1 Å². The molecule has 0 amide bonds. The third-order valence-corrected chi connectivity index (χ3v) is 5.56. The Balaban J connectivity index is 0.00000128. The fourth-order valence-electron chi connectivity index (χ4n) is 2.43. The van der Waals surface area contributed by atoms with E-state index in [4.69, 9.17) is 0 Å². The van der Waals surface area contributed by atoms with Gasteiger partial charge in [0, 0.05) is 14.1 Å². The van der Waals surface area contributed by atoms with Gasteiger partial charge in [0.1, 0.15) is 0 Å². The summed E-state index contributed by atoms with van der Waals surface area (Å²) >= 11 is 0. The highest BCUT2D eigenvalue weighted by atomic mass is 35.5. The van der Waals surface area contributed by atoms with E-state index >= 15 is 0 Å². The molecule has 2 fully saturated rings. The molecule has 1 heterocycles. The van der Waals surface area contributed by atoms with E-state index in [0.717, 1.165) is 19.0 Å². The first-order chi connectivity index (χ1) is 7.00. The molecule has 0 bridgehead atoms. The van der Waals surface area contributed by atoms with Crippen LogP contribution in [-0.4, -0.2) is 45.7 Å². The molecular weight excluding hydrogens is 248 g/mol. The minimum absolute atomic E-state index is 0. The number of hydrogen-bond acceptors (Lipinski definition) is 3. The molecule has 2 rings (SSSR count). The number of nitrogens with zero attached hydrogens (tertiary/aromatic N) is 1. The van der Waals surface area contributed by atoms with E-state index in [1.807, 2.05) is 0 Å². The van der Waals surface area contributed by atoms with Crippen LogP contribution in [0.1, 0.15) is 12.8 Å². The summed E-state index contributed by atoms with van der Waals surface area (Å²) in [6, 6.07) is 0. The van der Waals surface area contributed by atoms with Crippen LogP contribution in [0.25, 0.3) is 0 Å². The van der Waals surface area contributed by atoms with Crippen molar-refractivity contribution in [2.75, 3.05) is 32.9 Å². The Bertz CT molecular complexity index is 328. The normalized spacial score (nSPS) is 30.4. The van der Waals surface area contributed by atoms with Crippen molar-refractivity contribution in [3.63, 3.8) is 0 Å². The molecule has 16 heavy (non-hydrogen) atoms. The van der Waals surface area contributed by atoms with Crippen molar-refractivity contribution in [2.45, 2.75) is 12.8 Å². The van der Waals surface area contributed by atoms with E-state index in [1.165, 1.54) is 17.1 Å². The Morgan fingerprint density at radius 3 is 2.38 bits per heavy atom. The minimum Gasteiger partial charge on any atom is -0.316 e. The highest BCUT2D eigenvalue weighted by molar-refractivity contribution is 7.89. The Hall–Kier alpha value is 0.160. The van der Waals surface area contributed by atoms with Crippen LogP contribution in [0.2, 0.25) is 0 Å². The first-order valence-corrected chi connectivity index (χ1v) is 7.22. The summed E-state index contributed by atoms with van der Waals surface area (Å²) < 4.78 is 24.9. The second-order valence-electron chi connectivity index (χ2n) is 4.98. The molecule has 2 aliphatic rings. The van der Waals surface area contributed by atoms with E-state index < -0.39 is 10.0 Å². The average Bonchev–Trinajstić information content (AvgIpc) is 2.88. The van der Waals surface area contributed by atoms with Crippen molar-refractivity contribution in [2.24, 2.45) is 17.8 Å². The van der Waals surface area contributed by atoms with E-state index in [-0.39, 0.29) is 12.4 Å². The van der Waals surface area contributed by atoms with Crippen molar-refractivity contribution in [3.8, 4) is 0 Å². The van der Waals surface area contributed by atoms with Crippen molar-refractivity contribution in [1.82, 2.24) is 9.62 Å². The highest BCUT2D eigenvalue weighted by Crippen LogP contribution is 2.42. The lowest BCUT2D eigenvalue weighted by Gasteiger charge is -2.20. The lowest BCUT2D eigenvalue weighted by atomic mass is 9.93. The maximum absolute atomic E-state index is 11.8. The fourth-order valence-corrected chi connectivity index (χ4v) is 3.64. The van der Waals surface area contributed by atoms with Crippen LogP contribution in [0.3, 0.4) is 0 Å². The van der Waals surface area contributed by atoms with E-state index in [9.17, 15) is 8.42 Å². The lowest BCUT2D eigenvalue weighted by molar-refractivity contribution is 0.394. The zero-order valence-corrected chi connectivity index (χ0v) is 11.5. The van der Waals surface area contributed by atoms with Crippen LogP contribution in [-0.2, 0) is 10.0 Å². The monoisotopic (exact) mass is 268 g/mol. The molecule has 2 unspecified atom stereocenters. The van der Waals surface area contributed by atoms with Gasteiger partial charge in [0.2, 0.25) is 10.0 Å². The van der Waals surface area contributed by atoms with Gasteiger partial charge in [-0.2, -0.15) is 0 Å². The zero-order chi connectivity index (χ0) is 11.1. The predicted molar refractivity (Wildman–Crippen MR) is 67.3 cm³/mol. The number of sulfonamides is 1. The Kier molecular flexibility index (Phi) is 4.63. The van der Waals surface area contributed by atoms with Crippen LogP contribution >= 0.6 is 12.4 Å². The van der Waals surface area contributed by atoms with Gasteiger partial charge in [-0.25, -0.2) is 12.7 Å². The summed E-state index contributed by atoms with van der Waals surface area (Å²) in [5, 5.41) is 3.32. The van der Waals surface area contributed by atoms with Gasteiger partial charge in [0.05, 0.1) is 5.75 Å². The summed E-state index contributed by atoms with van der Waals surface area (Å²) in [4.78, 5) is 0. The average molecular weight is 269 g/mol. The Morgan fingerprint density at radius 2 is 1.88 bits per heavy atom. The first kappa shape index (κ1) is 14.2. The molecule has 0 aromatic heterocycles. The number of rotatable bonds is 4. The summed E-state index contributed by atoms with van der Waals surface area (Å²) in [5.74, 6) is 2.03. The van der Waals surface area contributed by atoms with Gasteiger partial charge >= 0.3 is 0 Å². The van der Waals surface area contributed by atoms with Crippen molar-refractivity contribution >= 4 is 22.4 Å². The maximum atomic E-state index is 11.8. The second-order valence-corrected chi connectivity index (χ2v) is 7.21. The highest BCUT2D eigenvalue weighted by Gasteiger charge is 2.41. The molecule has 1 saturated carbocycles. The van der Waals surface area contributed by atoms with Gasteiger partial charge in [-0.05, 0) is 43.7 Å². The fraction of sp³-hybridized carbons (Fsp3) is 1.00. The van der Waals surface area contributed by atoms with Crippen molar-refractivity contribution in [3.05, 3.63) is 0 Å². The smallest absolute Gasteiger partial charge is 0.213 e. The van der Waals surface area contributed by atoms with Crippen LogP contribution in [0.4, 0.5) is 0 Å². The molecule has 2 atom stereocenters. The lowest BCUT2D eigenvalue weighted by Crippen LogP contribution is -2.32. The van der Waals surface area contributed by atoms with E-state index in [2.05, 4.69) is 5.32 Å². The molecule has 1 aliphatic heterocycles. The third-order valence-electron chi connectivity index (χ3n) is 3.60. The maximum Gasteiger partial charge on any atom is 0.213 e. The van der Waals surface area contributed by atoms with Gasteiger partial charge in [-0.15, -0.1) is 12.4 Å². The Labute approximate surface area is 104 Å². The van der Waals surface area contributed by atoms with Crippen LogP contribution in [0.15, 0.2) is 0 Å². The molecular formula is C10H21ClN2O2S. The van der Waals surface area contributed by atoms with Gasteiger partial charge in [-0.1, -0.05) is 0 Å². The molecule has 1 saturated heterocycles. The molecule has 0 aromatic carbocycles. The molecule has 4 nitrogen and oxygen atoms in total. The molecule has 6 heteroatoms. The van der Waals surface area contributed by atoms with Gasteiger partial charge in [0.25, 0.3) is 0 Å². The molecule has 96 valence electrons. The summed E-state index contributed by atoms with van der Waals surface area (Å²) in [6.07, 6.45) is 2.59. The quantitative estimate of drug-likeness (QED) is 0.810. The van der Waals surface area contributed by atoms with Crippen LogP contribution in [0, 0.1) is 17.8 Å². The Morgan fingerprint density at radius 1 is 1.25 bits per heavy atom. The largest absolute Gasteiger partial charge is 0.316 e. The van der Waals surface area contributed by atoms with Crippen LogP contribution < -0.4 is 5.32 Å². The topological polar surface area (TPSA) is 49.4 Å².